The summed E-state index contributed by atoms with van der Waals surface area (Å²) in [6, 6.07) is 15.1. The highest BCUT2D eigenvalue weighted by molar-refractivity contribution is 7.78. The summed E-state index contributed by atoms with van der Waals surface area (Å²) >= 11 is 0. The lowest BCUT2D eigenvalue weighted by Gasteiger charge is -2.40. The largest absolute Gasteiger partial charge is 0.249 e. The second-order valence-electron chi connectivity index (χ2n) is 24.6. The van der Waals surface area contributed by atoms with Crippen molar-refractivity contribution in [3.8, 4) is 0 Å². The van der Waals surface area contributed by atoms with Crippen LogP contribution in [0.2, 0.25) is 157 Å². The summed E-state index contributed by atoms with van der Waals surface area (Å²) in [5.74, 6) is 0. The lowest BCUT2D eigenvalue weighted by Crippen LogP contribution is -2.52. The van der Waals surface area contributed by atoms with Gasteiger partial charge in [0.2, 0.25) is 0 Å². The van der Waals surface area contributed by atoms with Crippen molar-refractivity contribution in [3.05, 3.63) is 59.2 Å². The van der Waals surface area contributed by atoms with Crippen molar-refractivity contribution in [3.63, 3.8) is 0 Å². The fourth-order valence-corrected chi connectivity index (χ4v) is 71.9. The van der Waals surface area contributed by atoms with E-state index in [0.717, 1.165) is 0 Å². The van der Waals surface area contributed by atoms with Crippen LogP contribution in [0.25, 0.3) is 0 Å². The van der Waals surface area contributed by atoms with Gasteiger partial charge in [0.1, 0.15) is 85.7 Å². The van der Waals surface area contributed by atoms with Crippen LogP contribution in [0.15, 0.2) is 36.4 Å². The molecule has 2 unspecified atom stereocenters. The first-order valence-electron chi connectivity index (χ1n) is 20.2. The maximum Gasteiger partial charge on any atom is 0.142 e. The summed E-state index contributed by atoms with van der Waals surface area (Å²) < 4.78 is 4.12. The minimum absolute atomic E-state index is 0.524. The maximum atomic E-state index is 6.21. The van der Waals surface area contributed by atoms with E-state index in [1.54, 1.807) is 0 Å². The van der Waals surface area contributed by atoms with Crippen LogP contribution >= 0.6 is 15.1 Å². The molecule has 52 heavy (non-hydrogen) atoms. The van der Waals surface area contributed by atoms with E-state index in [2.05, 4.69) is 203 Å². The first-order valence-corrected chi connectivity index (χ1v) is 51.4. The van der Waals surface area contributed by atoms with Gasteiger partial charge in [-0.05, 0) is 24.3 Å². The molecule has 3 rings (SSSR count). The number of hydrogen-bond donors (Lipinski definition) is 0. The smallest absolute Gasteiger partial charge is 0.142 e. The molecule has 3 heterocycles. The van der Waals surface area contributed by atoms with Gasteiger partial charge in [0.05, 0.1) is 46.9 Å². The number of aromatic nitrogens is 2. The van der Waals surface area contributed by atoms with Crippen LogP contribution in [-0.2, 0) is 0 Å². The van der Waals surface area contributed by atoms with Gasteiger partial charge in [0.25, 0.3) is 0 Å². The molecule has 1 aliphatic rings. The van der Waals surface area contributed by atoms with Crippen LogP contribution in [0.3, 0.4) is 0 Å². The van der Waals surface area contributed by atoms with Crippen LogP contribution < -0.4 is 0 Å². The molecule has 1 aliphatic heterocycles. The van der Waals surface area contributed by atoms with E-state index < -0.39 is 79.7 Å². The molecule has 0 saturated heterocycles. The molecule has 0 N–H and O–H groups in total. The zero-order valence-corrected chi connectivity index (χ0v) is 48.4. The highest BCUT2D eigenvalue weighted by Crippen LogP contribution is 2.65. The van der Waals surface area contributed by atoms with Gasteiger partial charge >= 0.3 is 0 Å². The second-order valence-corrected chi connectivity index (χ2v) is 75.0. The summed E-state index contributed by atoms with van der Waals surface area (Å²) in [7, 11) is -15.1. The molecule has 0 aliphatic carbocycles. The lowest BCUT2D eigenvalue weighted by molar-refractivity contribution is 0.980. The van der Waals surface area contributed by atoms with E-state index in [9.17, 15) is 0 Å². The number of fused-ring (bicyclic) bond motifs is 4. The van der Waals surface area contributed by atoms with Crippen molar-refractivity contribution in [1.82, 2.24) is 9.97 Å². The molecule has 2 aromatic heterocycles. The zero-order chi connectivity index (χ0) is 40.6. The first-order chi connectivity index (χ1) is 22.9. The summed E-state index contributed by atoms with van der Waals surface area (Å²) in [5, 5.41) is 2.10. The van der Waals surface area contributed by atoms with E-state index in [1.165, 1.54) is 22.8 Å². The van der Waals surface area contributed by atoms with Crippen LogP contribution in [-0.4, -0.2) is 83.6 Å². The van der Waals surface area contributed by atoms with E-state index in [0.29, 0.717) is 21.1 Å². The minimum Gasteiger partial charge on any atom is -0.249 e. The molecule has 4 bridgehead atoms. The van der Waals surface area contributed by atoms with Gasteiger partial charge in [0.15, 0.2) is 0 Å². The Morgan fingerprint density at radius 2 is 0.519 bits per heavy atom. The van der Waals surface area contributed by atoms with Crippen LogP contribution in [0.5, 0.6) is 0 Å². The van der Waals surface area contributed by atoms with E-state index in [4.69, 9.17) is 9.97 Å². The Balaban J connectivity index is 2.97. The van der Waals surface area contributed by atoms with E-state index in [1.807, 2.05) is 0 Å². The van der Waals surface area contributed by atoms with E-state index in [-0.39, 0.29) is 0 Å². The van der Waals surface area contributed by atoms with Gasteiger partial charge in [-0.3, -0.25) is 0 Å². The molecule has 0 saturated carbocycles. The minimum atomic E-state index is -1.81. The Labute approximate surface area is 333 Å². The van der Waals surface area contributed by atoms with Crippen molar-refractivity contribution in [2.75, 3.05) is 0 Å². The van der Waals surface area contributed by atoms with Crippen molar-refractivity contribution < 1.29 is 0 Å². The monoisotopic (exact) mass is 876 g/mol. The van der Waals surface area contributed by atoms with Crippen LogP contribution in [0, 0.1) is 0 Å². The van der Waals surface area contributed by atoms with Crippen molar-refractivity contribution in [2.45, 2.75) is 178 Å². The molecular formula is C40H82N2P2Si8+2. The third-order valence-corrected chi connectivity index (χ3v) is 61.0. The van der Waals surface area contributed by atoms with Crippen molar-refractivity contribution in [1.29, 1.82) is 0 Å². The SMILES string of the molecule is C[Si](C)(C)C(=[P+]1[C@H]([Si](C)(C)C)c2cccc(n2)[C@H]([Si](C)(C)C)[P+](=C([Si](C)(C)C)[Si](C)(C)C)[C@H]([Si](C)(C)C)c2cccc(n2)[C@@H]1[Si](C)(C)C)[Si](C)(C)C. The normalized spacial score (nSPS) is 23.2. The number of pyridine rings is 2. The summed E-state index contributed by atoms with van der Waals surface area (Å²) in [4.78, 5) is 12.4. The molecule has 12 heteroatoms. The molecule has 6 atom stereocenters. The third-order valence-electron chi connectivity index (χ3n) is 10.5. The molecule has 0 fully saturated rings. The number of hydrogen-bond acceptors (Lipinski definition) is 2. The van der Waals surface area contributed by atoms with Crippen molar-refractivity contribution >= 4 is 88.8 Å². The Morgan fingerprint density at radius 3 is 0.654 bits per heavy atom. The summed E-state index contributed by atoms with van der Waals surface area (Å²) in [5.41, 5.74) is 5.84. The molecule has 292 valence electrons. The van der Waals surface area contributed by atoms with Gasteiger partial charge < -0.3 is 0 Å². The summed E-state index contributed by atoms with van der Waals surface area (Å²) in [6.07, 6.45) is 0. The molecular weight excluding hydrogens is 795 g/mol. The zero-order valence-electron chi connectivity index (χ0n) is 38.6. The maximum absolute atomic E-state index is 6.21. The molecule has 2 aromatic rings. The standard InChI is InChI=1S/C40H82N2P2Si8/c1-45(2,3)35-31-27-25-28-33(41-31)37(47(7,8)9)44(40(51(19,20)21)52(22,23)24)38(48(10,11)12)34-30-26-29-32(42-34)36(46(4,5)6)43(35)39(49(13,14)15)50(16,17)18/h25-30,35-38H,1-24H3/q+2/t35-,36+,37+,38-. The Morgan fingerprint density at radius 1 is 0.346 bits per heavy atom. The lowest BCUT2D eigenvalue weighted by atomic mass is 10.3. The number of rotatable bonds is 8. The average molecular weight is 878 g/mol. The number of nitrogens with zero attached hydrogens (tertiary/aromatic N) is 2. The summed E-state index contributed by atoms with van der Waals surface area (Å²) in [6.45, 7) is 64.6. The third kappa shape index (κ3) is 10.5. The first kappa shape index (κ1) is 46.8. The predicted molar refractivity (Wildman–Crippen MR) is 270 cm³/mol. The fourth-order valence-electron chi connectivity index (χ4n) is 10.2. The van der Waals surface area contributed by atoms with E-state index >= 15 is 0 Å². The van der Waals surface area contributed by atoms with Gasteiger partial charge in [-0.25, -0.2) is 9.97 Å². The highest BCUT2D eigenvalue weighted by atomic mass is 31.1. The molecule has 0 spiro atoms. The van der Waals surface area contributed by atoms with Crippen LogP contribution in [0.1, 0.15) is 43.9 Å². The molecule has 0 aromatic carbocycles. The fraction of sp³-hybridized carbons (Fsp3) is 0.700. The quantitative estimate of drug-likeness (QED) is 0.195. The second kappa shape index (κ2) is 15.3. The predicted octanol–water partition coefficient (Wildman–Crippen LogP) is 14.7. The van der Waals surface area contributed by atoms with Gasteiger partial charge in [-0.15, -0.1) is 0 Å². The molecule has 0 amide bonds. The average Bonchev–Trinajstić information content (AvgIpc) is 2.82. The van der Waals surface area contributed by atoms with Crippen LogP contribution in [0.4, 0.5) is 0 Å². The van der Waals surface area contributed by atoms with Gasteiger partial charge in [0, 0.05) is 0 Å². The highest BCUT2D eigenvalue weighted by Gasteiger charge is 2.59. The van der Waals surface area contributed by atoms with Gasteiger partial charge in [-0.1, -0.05) is 169 Å². The Kier molecular flexibility index (Phi) is 13.7. The van der Waals surface area contributed by atoms with Crippen molar-refractivity contribution in [2.24, 2.45) is 0 Å². The molecule has 2 nitrogen and oxygen atoms in total. The molecule has 0 radical (unpaired) electrons. The Bertz CT molecular complexity index is 1450. The van der Waals surface area contributed by atoms with Gasteiger partial charge in [-0.2, -0.15) is 0 Å². The topological polar surface area (TPSA) is 25.8 Å². The Hall–Kier alpha value is 0.375.